The van der Waals surface area contributed by atoms with E-state index in [0.717, 1.165) is 35.8 Å². The number of rotatable bonds is 9. The Morgan fingerprint density at radius 3 is 2.95 bits per heavy atom. The summed E-state index contributed by atoms with van der Waals surface area (Å²) in [6, 6.07) is 3.65. The van der Waals surface area contributed by atoms with Gasteiger partial charge in [0.25, 0.3) is 5.91 Å². The molecule has 0 spiro atoms. The average Bonchev–Trinajstić information content (AvgIpc) is 3.15. The molecule has 2 aromatic heterocycles. The van der Waals surface area contributed by atoms with Gasteiger partial charge in [-0.05, 0) is 31.9 Å². The molecule has 0 fully saturated rings. The first kappa shape index (κ1) is 16.7. The summed E-state index contributed by atoms with van der Waals surface area (Å²) in [6.45, 7) is 6.10. The second kappa shape index (κ2) is 8.70. The maximum atomic E-state index is 12.1. The molecule has 1 N–H and O–H groups in total. The first-order valence-corrected chi connectivity index (χ1v) is 8.41. The van der Waals surface area contributed by atoms with Crippen molar-refractivity contribution in [2.45, 2.75) is 33.1 Å². The van der Waals surface area contributed by atoms with E-state index in [2.05, 4.69) is 17.2 Å². The smallest absolute Gasteiger partial charge is 0.271 e. The van der Waals surface area contributed by atoms with Gasteiger partial charge in [-0.3, -0.25) is 4.79 Å². The monoisotopic (exact) mass is 322 g/mol. The van der Waals surface area contributed by atoms with Gasteiger partial charge in [0.15, 0.2) is 10.8 Å². The number of unbranched alkanes of at least 4 members (excludes halogenated alkanes) is 1. The third kappa shape index (κ3) is 4.68. The first-order valence-electron chi connectivity index (χ1n) is 7.59. The Hall–Kier alpha value is -1.66. The predicted molar refractivity (Wildman–Crippen MR) is 87.2 cm³/mol. The van der Waals surface area contributed by atoms with Gasteiger partial charge in [-0.2, -0.15) is 0 Å². The zero-order valence-corrected chi connectivity index (χ0v) is 13.9. The van der Waals surface area contributed by atoms with Crippen molar-refractivity contribution in [3.05, 3.63) is 29.0 Å². The number of nitrogens with zero attached hydrogens (tertiary/aromatic N) is 1. The van der Waals surface area contributed by atoms with Crippen molar-refractivity contribution in [2.75, 3.05) is 19.8 Å². The minimum atomic E-state index is -0.139. The summed E-state index contributed by atoms with van der Waals surface area (Å²) in [5.74, 6) is 0.552. The predicted octanol–water partition coefficient (Wildman–Crippen LogP) is 3.65. The summed E-state index contributed by atoms with van der Waals surface area (Å²) < 4.78 is 10.8. The summed E-state index contributed by atoms with van der Waals surface area (Å²) in [7, 11) is 0. The number of furan rings is 1. The largest absolute Gasteiger partial charge is 0.462 e. The Bertz CT molecular complexity index is 578. The molecule has 0 radical (unpaired) electrons. The second-order valence-corrected chi connectivity index (χ2v) is 6.18. The highest BCUT2D eigenvalue weighted by Crippen LogP contribution is 2.27. The molecule has 0 unspecified atom stereocenters. The maximum absolute atomic E-state index is 12.1. The first-order chi connectivity index (χ1) is 10.7. The van der Waals surface area contributed by atoms with E-state index in [-0.39, 0.29) is 5.91 Å². The molecule has 6 heteroatoms. The van der Waals surface area contributed by atoms with Crippen LogP contribution in [-0.4, -0.2) is 30.6 Å². The lowest BCUT2D eigenvalue weighted by atomic mass is 10.3. The quantitative estimate of drug-likeness (QED) is 0.716. The maximum Gasteiger partial charge on any atom is 0.271 e. The highest BCUT2D eigenvalue weighted by Gasteiger charge is 2.16. The molecule has 0 aliphatic rings. The Kier molecular flexibility index (Phi) is 6.61. The minimum absolute atomic E-state index is 0.139. The molecular weight excluding hydrogens is 300 g/mol. The fourth-order valence-corrected chi connectivity index (χ4v) is 2.80. The number of hydrogen-bond acceptors (Lipinski definition) is 5. The standard InChI is InChI=1S/C16H22N2O3S/c1-3-4-9-20-10-6-8-17-15(19)14-12(2)22-16(18-14)13-7-5-11-21-13/h5,7,11H,3-4,6,8-10H2,1-2H3,(H,17,19). The van der Waals surface area contributed by atoms with Crippen LogP contribution in [0.4, 0.5) is 0 Å². The van der Waals surface area contributed by atoms with E-state index in [1.807, 2.05) is 19.1 Å². The van der Waals surface area contributed by atoms with E-state index in [1.54, 1.807) is 6.26 Å². The second-order valence-electron chi connectivity index (χ2n) is 4.98. The van der Waals surface area contributed by atoms with Crippen molar-refractivity contribution in [2.24, 2.45) is 0 Å². The van der Waals surface area contributed by atoms with Crippen LogP contribution in [0.1, 0.15) is 41.6 Å². The van der Waals surface area contributed by atoms with Gasteiger partial charge in [0.2, 0.25) is 0 Å². The molecular formula is C16H22N2O3S. The van der Waals surface area contributed by atoms with Crippen molar-refractivity contribution in [1.29, 1.82) is 0 Å². The molecule has 22 heavy (non-hydrogen) atoms. The van der Waals surface area contributed by atoms with E-state index in [1.165, 1.54) is 11.3 Å². The van der Waals surface area contributed by atoms with Crippen LogP contribution in [0.5, 0.6) is 0 Å². The molecule has 0 aliphatic heterocycles. The molecule has 120 valence electrons. The summed E-state index contributed by atoms with van der Waals surface area (Å²) >= 11 is 1.46. The zero-order valence-electron chi connectivity index (χ0n) is 13.1. The number of aryl methyl sites for hydroxylation is 1. The van der Waals surface area contributed by atoms with Crippen molar-refractivity contribution in [3.63, 3.8) is 0 Å². The molecule has 2 heterocycles. The number of hydrogen-bond donors (Lipinski definition) is 1. The fraction of sp³-hybridized carbons (Fsp3) is 0.500. The number of thiazole rings is 1. The molecule has 0 saturated heterocycles. The lowest BCUT2D eigenvalue weighted by Crippen LogP contribution is -2.26. The van der Waals surface area contributed by atoms with Gasteiger partial charge in [-0.1, -0.05) is 13.3 Å². The molecule has 2 rings (SSSR count). The molecule has 0 aliphatic carbocycles. The average molecular weight is 322 g/mol. The van der Waals surface area contributed by atoms with E-state index >= 15 is 0 Å². The van der Waals surface area contributed by atoms with Crippen LogP contribution >= 0.6 is 11.3 Å². The molecule has 0 bridgehead atoms. The Morgan fingerprint density at radius 1 is 1.41 bits per heavy atom. The Labute approximate surface area is 134 Å². The third-order valence-corrected chi connectivity index (χ3v) is 4.12. The van der Waals surface area contributed by atoms with Crippen LogP contribution in [-0.2, 0) is 4.74 Å². The van der Waals surface area contributed by atoms with Crippen molar-refractivity contribution < 1.29 is 13.9 Å². The van der Waals surface area contributed by atoms with E-state index in [9.17, 15) is 4.79 Å². The van der Waals surface area contributed by atoms with E-state index in [4.69, 9.17) is 9.15 Å². The van der Waals surface area contributed by atoms with Crippen LogP contribution in [0.2, 0.25) is 0 Å². The van der Waals surface area contributed by atoms with Crippen molar-refractivity contribution in [1.82, 2.24) is 10.3 Å². The van der Waals surface area contributed by atoms with Gasteiger partial charge in [-0.15, -0.1) is 11.3 Å². The Balaban J connectivity index is 1.78. The number of ether oxygens (including phenoxy) is 1. The van der Waals surface area contributed by atoms with Crippen LogP contribution < -0.4 is 5.32 Å². The molecule has 0 atom stereocenters. The number of aromatic nitrogens is 1. The number of amides is 1. The van der Waals surface area contributed by atoms with E-state index < -0.39 is 0 Å². The van der Waals surface area contributed by atoms with Gasteiger partial charge >= 0.3 is 0 Å². The SMILES string of the molecule is CCCCOCCCNC(=O)c1nc(-c2ccco2)sc1C. The zero-order chi connectivity index (χ0) is 15.8. The van der Waals surface area contributed by atoms with E-state index in [0.29, 0.717) is 24.6 Å². The van der Waals surface area contributed by atoms with Crippen molar-refractivity contribution in [3.8, 4) is 10.8 Å². The molecule has 0 saturated carbocycles. The van der Waals surface area contributed by atoms with Gasteiger partial charge in [0, 0.05) is 24.6 Å². The summed E-state index contributed by atoms with van der Waals surface area (Å²) in [5, 5.41) is 3.62. The molecule has 0 aromatic carbocycles. The van der Waals surface area contributed by atoms with Gasteiger partial charge in [0.1, 0.15) is 5.69 Å². The molecule has 1 amide bonds. The number of carbonyl (C=O) groups excluding carboxylic acids is 1. The lowest BCUT2D eigenvalue weighted by molar-refractivity contribution is 0.0935. The minimum Gasteiger partial charge on any atom is -0.462 e. The summed E-state index contributed by atoms with van der Waals surface area (Å²) in [4.78, 5) is 17.4. The fourth-order valence-electron chi connectivity index (χ4n) is 1.92. The van der Waals surface area contributed by atoms with Gasteiger partial charge < -0.3 is 14.5 Å². The number of nitrogens with one attached hydrogen (secondary N) is 1. The topological polar surface area (TPSA) is 64.4 Å². The van der Waals surface area contributed by atoms with Crippen LogP contribution in [0.15, 0.2) is 22.8 Å². The van der Waals surface area contributed by atoms with Crippen LogP contribution in [0.25, 0.3) is 10.8 Å². The normalized spacial score (nSPS) is 10.8. The van der Waals surface area contributed by atoms with Crippen molar-refractivity contribution >= 4 is 17.2 Å². The lowest BCUT2D eigenvalue weighted by Gasteiger charge is -2.05. The van der Waals surface area contributed by atoms with Gasteiger partial charge in [-0.25, -0.2) is 4.98 Å². The number of carbonyl (C=O) groups is 1. The van der Waals surface area contributed by atoms with Crippen LogP contribution in [0.3, 0.4) is 0 Å². The highest BCUT2D eigenvalue weighted by atomic mass is 32.1. The molecule has 2 aromatic rings. The molecule has 5 nitrogen and oxygen atoms in total. The van der Waals surface area contributed by atoms with Crippen LogP contribution in [0, 0.1) is 6.92 Å². The Morgan fingerprint density at radius 2 is 2.23 bits per heavy atom. The summed E-state index contributed by atoms with van der Waals surface area (Å²) in [5.41, 5.74) is 0.475. The highest BCUT2D eigenvalue weighted by molar-refractivity contribution is 7.15. The van der Waals surface area contributed by atoms with Gasteiger partial charge in [0.05, 0.1) is 6.26 Å². The summed E-state index contributed by atoms with van der Waals surface area (Å²) in [6.07, 6.45) is 4.63. The third-order valence-electron chi connectivity index (χ3n) is 3.14.